The molecular formula is C13H22ClN3O. The number of hydrogen-bond acceptors (Lipinski definition) is 3. The van der Waals surface area contributed by atoms with E-state index in [0.29, 0.717) is 13.2 Å². The lowest BCUT2D eigenvalue weighted by atomic mass is 10.1. The Morgan fingerprint density at radius 3 is 2.78 bits per heavy atom. The topological polar surface area (TPSA) is 53.1 Å². The smallest absolute Gasteiger partial charge is 0.0891 e. The third-order valence-electron chi connectivity index (χ3n) is 2.81. The average Bonchev–Trinajstić information content (AvgIpc) is 2.63. The average molecular weight is 272 g/mol. The predicted molar refractivity (Wildman–Crippen MR) is 75.7 cm³/mol. The van der Waals surface area contributed by atoms with Gasteiger partial charge in [-0.15, -0.1) is 0 Å². The summed E-state index contributed by atoms with van der Waals surface area (Å²) in [5.74, 6) is 0. The molecule has 0 unspecified atom stereocenters. The summed E-state index contributed by atoms with van der Waals surface area (Å²) < 4.78 is 7.02. The highest BCUT2D eigenvalue weighted by Gasteiger charge is 2.11. The molecule has 0 radical (unpaired) electrons. The Morgan fingerprint density at radius 2 is 2.28 bits per heavy atom. The van der Waals surface area contributed by atoms with E-state index in [1.54, 1.807) is 7.11 Å². The van der Waals surface area contributed by atoms with E-state index in [4.69, 9.17) is 22.1 Å². The Labute approximate surface area is 114 Å². The summed E-state index contributed by atoms with van der Waals surface area (Å²) in [6.45, 7) is 3.33. The molecular weight excluding hydrogens is 250 g/mol. The number of hydrogen-bond donors (Lipinski definition) is 1. The zero-order chi connectivity index (χ0) is 13.5. The van der Waals surface area contributed by atoms with Gasteiger partial charge < -0.3 is 10.5 Å². The minimum atomic E-state index is 0.600. The van der Waals surface area contributed by atoms with Gasteiger partial charge in [0.15, 0.2) is 0 Å². The van der Waals surface area contributed by atoms with Crippen LogP contribution in [0.15, 0.2) is 5.57 Å². The van der Waals surface area contributed by atoms with E-state index in [1.165, 1.54) is 5.57 Å². The van der Waals surface area contributed by atoms with Gasteiger partial charge in [0.2, 0.25) is 0 Å². The Hall–Kier alpha value is -0.840. The zero-order valence-electron chi connectivity index (χ0n) is 11.4. The number of nitrogens with two attached hydrogens (primary N) is 1. The first-order valence-corrected chi connectivity index (χ1v) is 6.61. The van der Waals surface area contributed by atoms with Crippen LogP contribution in [0.1, 0.15) is 31.2 Å². The van der Waals surface area contributed by atoms with E-state index in [9.17, 15) is 0 Å². The van der Waals surface area contributed by atoms with Gasteiger partial charge in [-0.25, -0.2) is 0 Å². The standard InChI is InChI=1S/C13H22ClN3O/c1-4-11-13(14)12(17(2)16-11)8-10(9-18-3)6-5-7-15/h8H,4-7,9,15H2,1-3H3/b10-8-. The van der Waals surface area contributed by atoms with Crippen molar-refractivity contribution in [1.82, 2.24) is 9.78 Å². The van der Waals surface area contributed by atoms with E-state index in [1.807, 2.05) is 18.7 Å². The monoisotopic (exact) mass is 271 g/mol. The summed E-state index contributed by atoms with van der Waals surface area (Å²) in [6, 6.07) is 0. The molecule has 4 nitrogen and oxygen atoms in total. The fourth-order valence-electron chi connectivity index (χ4n) is 1.85. The number of aromatic nitrogens is 2. The maximum atomic E-state index is 6.31. The second-order valence-corrected chi connectivity index (χ2v) is 4.63. The molecule has 0 aliphatic carbocycles. The first-order chi connectivity index (χ1) is 8.63. The van der Waals surface area contributed by atoms with Crippen molar-refractivity contribution in [2.75, 3.05) is 20.3 Å². The summed E-state index contributed by atoms with van der Waals surface area (Å²) in [5.41, 5.74) is 8.60. The maximum absolute atomic E-state index is 6.31. The van der Waals surface area contributed by atoms with Gasteiger partial charge in [-0.3, -0.25) is 4.68 Å². The van der Waals surface area contributed by atoms with Gasteiger partial charge in [-0.1, -0.05) is 18.5 Å². The number of methoxy groups -OCH3 is 1. The Kier molecular flexibility index (Phi) is 6.39. The summed E-state index contributed by atoms with van der Waals surface area (Å²) in [6.07, 6.45) is 4.77. The molecule has 1 heterocycles. The third-order valence-corrected chi connectivity index (χ3v) is 3.22. The quantitative estimate of drug-likeness (QED) is 0.829. The minimum absolute atomic E-state index is 0.600. The maximum Gasteiger partial charge on any atom is 0.0891 e. The van der Waals surface area contributed by atoms with Gasteiger partial charge in [0.05, 0.1) is 23.0 Å². The Bertz CT molecular complexity index is 413. The summed E-state index contributed by atoms with van der Waals surface area (Å²) >= 11 is 6.31. The summed E-state index contributed by atoms with van der Waals surface area (Å²) in [7, 11) is 3.60. The number of ether oxygens (including phenoxy) is 1. The van der Waals surface area contributed by atoms with Crippen molar-refractivity contribution in [3.05, 3.63) is 22.0 Å². The van der Waals surface area contributed by atoms with Gasteiger partial charge in [-0.05, 0) is 37.5 Å². The SMILES string of the molecule is CCc1nn(C)c(/C=C(/CCCN)COC)c1Cl. The predicted octanol–water partition coefficient (Wildman–Crippen LogP) is 2.40. The van der Waals surface area contributed by atoms with Crippen LogP contribution in [0.4, 0.5) is 0 Å². The molecule has 0 spiro atoms. The van der Waals surface area contributed by atoms with E-state index in [-0.39, 0.29) is 0 Å². The van der Waals surface area contributed by atoms with Crippen molar-refractivity contribution in [3.63, 3.8) is 0 Å². The van der Waals surface area contributed by atoms with Crippen LogP contribution in [0.5, 0.6) is 0 Å². The van der Waals surface area contributed by atoms with Crippen molar-refractivity contribution in [2.45, 2.75) is 26.2 Å². The molecule has 1 aromatic heterocycles. The van der Waals surface area contributed by atoms with Crippen molar-refractivity contribution < 1.29 is 4.74 Å². The molecule has 0 atom stereocenters. The summed E-state index contributed by atoms with van der Waals surface area (Å²) in [5, 5.41) is 5.13. The molecule has 0 fully saturated rings. The highest BCUT2D eigenvalue weighted by Crippen LogP contribution is 2.24. The normalized spacial score (nSPS) is 12.2. The lowest BCUT2D eigenvalue weighted by Crippen LogP contribution is -2.03. The first-order valence-electron chi connectivity index (χ1n) is 6.23. The van der Waals surface area contributed by atoms with Crippen molar-refractivity contribution in [1.29, 1.82) is 0 Å². The van der Waals surface area contributed by atoms with Crippen LogP contribution < -0.4 is 5.73 Å². The second-order valence-electron chi connectivity index (χ2n) is 4.25. The fourth-order valence-corrected chi connectivity index (χ4v) is 2.19. The van der Waals surface area contributed by atoms with Gasteiger partial charge in [-0.2, -0.15) is 5.10 Å². The highest BCUT2D eigenvalue weighted by molar-refractivity contribution is 6.32. The molecule has 102 valence electrons. The molecule has 0 aromatic carbocycles. The lowest BCUT2D eigenvalue weighted by Gasteiger charge is -2.06. The van der Waals surface area contributed by atoms with Crippen molar-refractivity contribution in [2.24, 2.45) is 12.8 Å². The summed E-state index contributed by atoms with van der Waals surface area (Å²) in [4.78, 5) is 0. The molecule has 0 saturated carbocycles. The Balaban J connectivity index is 2.99. The van der Waals surface area contributed by atoms with E-state index < -0.39 is 0 Å². The highest BCUT2D eigenvalue weighted by atomic mass is 35.5. The Morgan fingerprint density at radius 1 is 1.56 bits per heavy atom. The molecule has 2 N–H and O–H groups in total. The van der Waals surface area contributed by atoms with Crippen molar-refractivity contribution in [3.8, 4) is 0 Å². The van der Waals surface area contributed by atoms with Crippen LogP contribution in [-0.4, -0.2) is 30.0 Å². The lowest BCUT2D eigenvalue weighted by molar-refractivity contribution is 0.223. The van der Waals surface area contributed by atoms with Crippen LogP contribution in [0.25, 0.3) is 6.08 Å². The van der Waals surface area contributed by atoms with E-state index in [0.717, 1.165) is 35.7 Å². The van der Waals surface area contributed by atoms with Crippen molar-refractivity contribution >= 4 is 17.7 Å². The zero-order valence-corrected chi connectivity index (χ0v) is 12.1. The van der Waals surface area contributed by atoms with Crippen LogP contribution in [-0.2, 0) is 18.2 Å². The van der Waals surface area contributed by atoms with Crippen LogP contribution in [0.3, 0.4) is 0 Å². The van der Waals surface area contributed by atoms with Gasteiger partial charge in [0.1, 0.15) is 0 Å². The molecule has 0 amide bonds. The number of nitrogens with zero attached hydrogens (tertiary/aromatic N) is 2. The van der Waals surface area contributed by atoms with Gasteiger partial charge in [0, 0.05) is 14.2 Å². The molecule has 0 aliphatic heterocycles. The molecule has 0 saturated heterocycles. The first kappa shape index (κ1) is 15.2. The van der Waals surface area contributed by atoms with Gasteiger partial charge >= 0.3 is 0 Å². The second kappa shape index (κ2) is 7.56. The number of halogens is 1. The van der Waals surface area contributed by atoms with Crippen LogP contribution >= 0.6 is 11.6 Å². The minimum Gasteiger partial charge on any atom is -0.380 e. The van der Waals surface area contributed by atoms with Gasteiger partial charge in [0.25, 0.3) is 0 Å². The number of aryl methyl sites for hydroxylation is 2. The largest absolute Gasteiger partial charge is 0.380 e. The fraction of sp³-hybridized carbons (Fsp3) is 0.615. The number of rotatable bonds is 7. The van der Waals surface area contributed by atoms with Crippen LogP contribution in [0, 0.1) is 0 Å². The third kappa shape index (κ3) is 3.83. The molecule has 1 aromatic rings. The van der Waals surface area contributed by atoms with Crippen LogP contribution in [0.2, 0.25) is 5.02 Å². The van der Waals surface area contributed by atoms with E-state index in [2.05, 4.69) is 11.2 Å². The van der Waals surface area contributed by atoms with E-state index >= 15 is 0 Å². The molecule has 0 aliphatic rings. The molecule has 1 rings (SSSR count). The molecule has 0 bridgehead atoms. The molecule has 5 heteroatoms. The molecule has 18 heavy (non-hydrogen) atoms.